The predicted molar refractivity (Wildman–Crippen MR) is 95.2 cm³/mol. The van der Waals surface area contributed by atoms with E-state index in [0.29, 0.717) is 17.3 Å². The molecule has 0 aliphatic carbocycles. The molecule has 0 unspecified atom stereocenters. The highest BCUT2D eigenvalue weighted by Crippen LogP contribution is 2.25. The number of fused-ring (bicyclic) bond motifs is 1. The molecule has 124 valence electrons. The molecule has 0 fully saturated rings. The molecule has 0 aliphatic heterocycles. The lowest BCUT2D eigenvalue weighted by Crippen LogP contribution is -2.05. The lowest BCUT2D eigenvalue weighted by molar-refractivity contribution is 0.629. The van der Waals surface area contributed by atoms with Gasteiger partial charge in [-0.25, -0.2) is 13.9 Å². The van der Waals surface area contributed by atoms with Crippen molar-refractivity contribution in [1.82, 2.24) is 19.6 Å². The van der Waals surface area contributed by atoms with E-state index in [-0.39, 0.29) is 5.56 Å². The Kier molecular flexibility index (Phi) is 3.93. The monoisotopic (exact) mass is 352 g/mol. The van der Waals surface area contributed by atoms with Gasteiger partial charge in [0.1, 0.15) is 5.82 Å². The second-order valence-corrected chi connectivity index (χ2v) is 6.26. The number of nitrogens with zero attached hydrogens (tertiary/aromatic N) is 4. The molecule has 0 radical (unpaired) electrons. The van der Waals surface area contributed by atoms with Crippen LogP contribution in [0.3, 0.4) is 0 Å². The van der Waals surface area contributed by atoms with Crippen LogP contribution in [0.15, 0.2) is 55.0 Å². The van der Waals surface area contributed by atoms with Crippen LogP contribution >= 0.6 is 11.6 Å². The van der Waals surface area contributed by atoms with E-state index >= 15 is 0 Å². The van der Waals surface area contributed by atoms with Crippen molar-refractivity contribution in [3.8, 4) is 11.4 Å². The first-order valence-electron chi connectivity index (χ1n) is 7.81. The molecule has 0 spiro atoms. The van der Waals surface area contributed by atoms with E-state index < -0.39 is 5.82 Å². The summed E-state index contributed by atoms with van der Waals surface area (Å²) in [4.78, 5) is 8.75. The number of rotatable bonds is 3. The third kappa shape index (κ3) is 2.98. The molecule has 0 saturated carbocycles. The largest absolute Gasteiger partial charge is 0.264 e. The first-order chi connectivity index (χ1) is 12.1. The summed E-state index contributed by atoms with van der Waals surface area (Å²) in [5.74, 6) is -0.0904. The highest BCUT2D eigenvalue weighted by Gasteiger charge is 2.14. The SMILES string of the molecule is Cc1cnccc1Cc1nc(-c2cc(Cl)ccc2F)nn2cccc12. The van der Waals surface area contributed by atoms with Crippen molar-refractivity contribution in [1.29, 1.82) is 0 Å². The van der Waals surface area contributed by atoms with Gasteiger partial charge in [-0.05, 0) is 54.4 Å². The van der Waals surface area contributed by atoms with Gasteiger partial charge in [-0.2, -0.15) is 0 Å². The third-order valence-corrected chi connectivity index (χ3v) is 4.37. The summed E-state index contributed by atoms with van der Waals surface area (Å²) in [6, 6.07) is 10.2. The van der Waals surface area contributed by atoms with Crippen molar-refractivity contribution in [2.75, 3.05) is 0 Å². The minimum atomic E-state index is -0.401. The van der Waals surface area contributed by atoms with Gasteiger partial charge in [0.15, 0.2) is 5.82 Å². The first-order valence-corrected chi connectivity index (χ1v) is 8.19. The predicted octanol–water partition coefficient (Wildman–Crippen LogP) is 4.48. The maximum atomic E-state index is 14.2. The van der Waals surface area contributed by atoms with E-state index in [4.69, 9.17) is 11.6 Å². The summed E-state index contributed by atoms with van der Waals surface area (Å²) in [7, 11) is 0. The second-order valence-electron chi connectivity index (χ2n) is 5.82. The fourth-order valence-electron chi connectivity index (χ4n) is 2.79. The Labute approximate surface area is 148 Å². The molecule has 0 saturated heterocycles. The van der Waals surface area contributed by atoms with E-state index in [1.165, 1.54) is 12.1 Å². The molecule has 0 atom stereocenters. The number of benzene rings is 1. The Bertz CT molecular complexity index is 1070. The van der Waals surface area contributed by atoms with Crippen molar-refractivity contribution in [2.24, 2.45) is 0 Å². The smallest absolute Gasteiger partial charge is 0.183 e. The fourth-order valence-corrected chi connectivity index (χ4v) is 2.96. The summed E-state index contributed by atoms with van der Waals surface area (Å²) >= 11 is 6.02. The van der Waals surface area contributed by atoms with Crippen LogP contribution in [0, 0.1) is 12.7 Å². The zero-order valence-corrected chi connectivity index (χ0v) is 14.2. The molecule has 4 rings (SSSR count). The van der Waals surface area contributed by atoms with Crippen LogP contribution in [0.4, 0.5) is 4.39 Å². The van der Waals surface area contributed by atoms with E-state index in [9.17, 15) is 4.39 Å². The van der Waals surface area contributed by atoms with Crippen LogP contribution in [0.5, 0.6) is 0 Å². The number of pyridine rings is 1. The molecule has 0 N–H and O–H groups in total. The number of aryl methyl sites for hydroxylation is 1. The van der Waals surface area contributed by atoms with E-state index in [0.717, 1.165) is 22.3 Å². The second kappa shape index (κ2) is 6.26. The number of hydrogen-bond acceptors (Lipinski definition) is 3. The zero-order valence-electron chi connectivity index (χ0n) is 13.4. The molecule has 1 aromatic carbocycles. The minimum Gasteiger partial charge on any atom is -0.264 e. The topological polar surface area (TPSA) is 43.1 Å². The van der Waals surface area contributed by atoms with Gasteiger partial charge >= 0.3 is 0 Å². The average Bonchev–Trinajstić information content (AvgIpc) is 3.08. The number of aromatic nitrogens is 4. The highest BCUT2D eigenvalue weighted by atomic mass is 35.5. The Balaban J connectivity index is 1.88. The number of halogens is 2. The van der Waals surface area contributed by atoms with E-state index in [1.807, 2.05) is 37.5 Å². The molecule has 25 heavy (non-hydrogen) atoms. The summed E-state index contributed by atoms with van der Waals surface area (Å²) in [5.41, 5.74) is 4.21. The Hall–Kier alpha value is -2.79. The molecule has 4 nitrogen and oxygen atoms in total. The molecule has 0 amide bonds. The molecule has 0 aliphatic rings. The number of hydrogen-bond donors (Lipinski definition) is 0. The average molecular weight is 353 g/mol. The Morgan fingerprint density at radius 1 is 1.20 bits per heavy atom. The van der Waals surface area contributed by atoms with Crippen molar-refractivity contribution in [2.45, 2.75) is 13.3 Å². The molecular weight excluding hydrogens is 339 g/mol. The summed E-state index contributed by atoms with van der Waals surface area (Å²) < 4.78 is 16.0. The summed E-state index contributed by atoms with van der Waals surface area (Å²) in [5, 5.41) is 4.87. The van der Waals surface area contributed by atoms with Gasteiger partial charge in [-0.15, -0.1) is 5.10 Å². The Morgan fingerprint density at radius 2 is 2.08 bits per heavy atom. The van der Waals surface area contributed by atoms with E-state index in [1.54, 1.807) is 16.8 Å². The molecule has 6 heteroatoms. The molecule has 4 aromatic rings. The van der Waals surface area contributed by atoms with Gasteiger partial charge in [-0.3, -0.25) is 4.98 Å². The van der Waals surface area contributed by atoms with Gasteiger partial charge in [0.25, 0.3) is 0 Å². The fraction of sp³-hybridized carbons (Fsp3) is 0.105. The highest BCUT2D eigenvalue weighted by molar-refractivity contribution is 6.30. The zero-order chi connectivity index (χ0) is 17.4. The standard InChI is InChI=1S/C19H14ClFN4/c1-12-11-22-7-6-13(12)9-17-18-3-2-8-25(18)24-19(23-17)15-10-14(20)4-5-16(15)21/h2-8,10-11H,9H2,1H3. The van der Waals surface area contributed by atoms with Crippen LogP contribution in [0.1, 0.15) is 16.8 Å². The lowest BCUT2D eigenvalue weighted by Gasteiger charge is -2.10. The van der Waals surface area contributed by atoms with Crippen LogP contribution in [0.2, 0.25) is 5.02 Å². The molecule has 3 heterocycles. The van der Waals surface area contributed by atoms with Gasteiger partial charge < -0.3 is 0 Å². The van der Waals surface area contributed by atoms with Gasteiger partial charge in [0.2, 0.25) is 0 Å². The van der Waals surface area contributed by atoms with Crippen LogP contribution in [-0.2, 0) is 6.42 Å². The molecular formula is C19H14ClFN4. The summed E-state index contributed by atoms with van der Waals surface area (Å²) in [6.07, 6.45) is 6.02. The lowest BCUT2D eigenvalue weighted by atomic mass is 10.1. The maximum Gasteiger partial charge on any atom is 0.183 e. The minimum absolute atomic E-state index is 0.288. The molecule has 0 bridgehead atoms. The van der Waals surface area contributed by atoms with Gasteiger partial charge in [-0.1, -0.05) is 11.6 Å². The quantitative estimate of drug-likeness (QED) is 0.546. The maximum absolute atomic E-state index is 14.2. The van der Waals surface area contributed by atoms with Crippen LogP contribution < -0.4 is 0 Å². The Morgan fingerprint density at radius 3 is 2.92 bits per heavy atom. The van der Waals surface area contributed by atoms with Gasteiger partial charge in [0.05, 0.1) is 16.8 Å². The molecule has 3 aromatic heterocycles. The first kappa shape index (κ1) is 15.7. The van der Waals surface area contributed by atoms with Crippen molar-refractivity contribution < 1.29 is 4.39 Å². The summed E-state index contributed by atoms with van der Waals surface area (Å²) in [6.45, 7) is 2.01. The van der Waals surface area contributed by atoms with Crippen molar-refractivity contribution in [3.05, 3.63) is 82.6 Å². The van der Waals surface area contributed by atoms with Crippen molar-refractivity contribution >= 4 is 17.1 Å². The van der Waals surface area contributed by atoms with Gasteiger partial charge in [0, 0.05) is 30.0 Å². The third-order valence-electron chi connectivity index (χ3n) is 4.13. The normalized spacial score (nSPS) is 11.2. The van der Waals surface area contributed by atoms with Crippen LogP contribution in [-0.4, -0.2) is 19.6 Å². The van der Waals surface area contributed by atoms with Crippen LogP contribution in [0.25, 0.3) is 16.9 Å². The van der Waals surface area contributed by atoms with Crippen molar-refractivity contribution in [3.63, 3.8) is 0 Å². The van der Waals surface area contributed by atoms with E-state index in [2.05, 4.69) is 15.1 Å².